The summed E-state index contributed by atoms with van der Waals surface area (Å²) < 4.78 is 7.60. The lowest BCUT2D eigenvalue weighted by atomic mass is 9.77. The lowest BCUT2D eigenvalue weighted by Crippen LogP contribution is -2.44. The maximum atomic E-state index is 13.0. The van der Waals surface area contributed by atoms with Crippen LogP contribution in [0.4, 0.5) is 5.82 Å². The van der Waals surface area contributed by atoms with Crippen molar-refractivity contribution in [2.75, 3.05) is 6.61 Å². The maximum Gasteiger partial charge on any atom is 0.332 e. The monoisotopic (exact) mass is 368 g/mol. The van der Waals surface area contributed by atoms with E-state index in [-0.39, 0.29) is 18.0 Å². The number of ether oxygens (including phenoxy) is 1. The summed E-state index contributed by atoms with van der Waals surface area (Å²) in [5, 5.41) is 0. The lowest BCUT2D eigenvalue weighted by molar-refractivity contribution is -0.145. The van der Waals surface area contributed by atoms with Crippen LogP contribution < -0.4 is 11.2 Å². The molecule has 3 rings (SSSR count). The molecule has 0 aromatic carbocycles. The van der Waals surface area contributed by atoms with E-state index in [0.717, 1.165) is 10.1 Å². The number of pyridine rings is 1. The first-order chi connectivity index (χ1) is 12.9. The van der Waals surface area contributed by atoms with Crippen LogP contribution in [-0.4, -0.2) is 32.4 Å². The molecule has 8 heteroatoms. The van der Waals surface area contributed by atoms with E-state index in [0.29, 0.717) is 5.71 Å². The SMILES string of the molecule is C=CCOC(=O)C1C(C)=Nc2c(c(=O)n(C)c(=O)n2C)[C@H]1c1ccncc1. The van der Waals surface area contributed by atoms with Gasteiger partial charge < -0.3 is 4.74 Å². The summed E-state index contributed by atoms with van der Waals surface area (Å²) in [5.41, 5.74) is 0.527. The van der Waals surface area contributed by atoms with Crippen molar-refractivity contribution >= 4 is 17.5 Å². The molecule has 0 bridgehead atoms. The van der Waals surface area contributed by atoms with Crippen LogP contribution in [0.1, 0.15) is 24.0 Å². The minimum atomic E-state index is -0.787. The van der Waals surface area contributed by atoms with E-state index in [9.17, 15) is 14.4 Å². The first kappa shape index (κ1) is 18.5. The van der Waals surface area contributed by atoms with Gasteiger partial charge >= 0.3 is 11.7 Å². The van der Waals surface area contributed by atoms with Gasteiger partial charge in [0.25, 0.3) is 5.56 Å². The second-order valence-corrected chi connectivity index (χ2v) is 6.35. The van der Waals surface area contributed by atoms with Gasteiger partial charge in [0.15, 0.2) is 0 Å². The Bertz CT molecular complexity index is 1050. The zero-order valence-electron chi connectivity index (χ0n) is 15.4. The van der Waals surface area contributed by atoms with Crippen molar-refractivity contribution in [1.29, 1.82) is 0 Å². The first-order valence-electron chi connectivity index (χ1n) is 8.41. The Morgan fingerprint density at radius 1 is 1.26 bits per heavy atom. The fourth-order valence-corrected chi connectivity index (χ4v) is 3.38. The van der Waals surface area contributed by atoms with Crippen molar-refractivity contribution in [2.45, 2.75) is 12.8 Å². The predicted octanol–water partition coefficient (Wildman–Crippen LogP) is 1.06. The molecule has 27 heavy (non-hydrogen) atoms. The maximum absolute atomic E-state index is 13.0. The largest absolute Gasteiger partial charge is 0.461 e. The summed E-state index contributed by atoms with van der Waals surface area (Å²) >= 11 is 0. The summed E-state index contributed by atoms with van der Waals surface area (Å²) in [4.78, 5) is 46.5. The van der Waals surface area contributed by atoms with Crippen LogP contribution in [0.5, 0.6) is 0 Å². The molecule has 2 atom stereocenters. The topological polar surface area (TPSA) is 95.5 Å². The number of rotatable bonds is 4. The van der Waals surface area contributed by atoms with Gasteiger partial charge in [0.05, 0.1) is 5.56 Å². The van der Waals surface area contributed by atoms with Crippen LogP contribution in [0.15, 0.2) is 51.8 Å². The lowest BCUT2D eigenvalue weighted by Gasteiger charge is -2.31. The van der Waals surface area contributed by atoms with Crippen LogP contribution in [-0.2, 0) is 23.6 Å². The Labute approximate surface area is 155 Å². The van der Waals surface area contributed by atoms with E-state index in [1.165, 1.54) is 17.7 Å². The zero-order chi connectivity index (χ0) is 19.7. The van der Waals surface area contributed by atoms with Gasteiger partial charge in [0.1, 0.15) is 18.3 Å². The highest BCUT2D eigenvalue weighted by molar-refractivity contribution is 6.04. The molecule has 1 aliphatic heterocycles. The molecule has 0 fully saturated rings. The highest BCUT2D eigenvalue weighted by Crippen LogP contribution is 2.40. The number of carbonyl (C=O) groups excluding carboxylic acids is 1. The molecule has 1 aliphatic rings. The zero-order valence-corrected chi connectivity index (χ0v) is 15.4. The van der Waals surface area contributed by atoms with Gasteiger partial charge in [0.2, 0.25) is 0 Å². The fraction of sp³-hybridized carbons (Fsp3) is 0.316. The van der Waals surface area contributed by atoms with Crippen molar-refractivity contribution in [3.63, 3.8) is 0 Å². The van der Waals surface area contributed by atoms with Crippen LogP contribution in [0.3, 0.4) is 0 Å². The number of fused-ring (bicyclic) bond motifs is 1. The van der Waals surface area contributed by atoms with E-state index in [1.54, 1.807) is 38.5 Å². The number of esters is 1. The third-order valence-electron chi connectivity index (χ3n) is 4.71. The van der Waals surface area contributed by atoms with Crippen molar-refractivity contribution in [3.05, 3.63) is 69.1 Å². The molecular formula is C19H20N4O4. The number of carbonyl (C=O) groups is 1. The summed E-state index contributed by atoms with van der Waals surface area (Å²) in [6, 6.07) is 3.48. The van der Waals surface area contributed by atoms with Crippen LogP contribution in [0, 0.1) is 5.92 Å². The average molecular weight is 368 g/mol. The minimum absolute atomic E-state index is 0.0593. The molecule has 0 saturated carbocycles. The smallest absolute Gasteiger partial charge is 0.332 e. The molecule has 0 aliphatic carbocycles. The number of hydrogen-bond acceptors (Lipinski definition) is 6. The molecule has 1 unspecified atom stereocenters. The predicted molar refractivity (Wildman–Crippen MR) is 100 cm³/mol. The second-order valence-electron chi connectivity index (χ2n) is 6.35. The molecule has 3 heterocycles. The van der Waals surface area contributed by atoms with E-state index in [4.69, 9.17) is 4.74 Å². The Balaban J connectivity index is 2.32. The van der Waals surface area contributed by atoms with Crippen molar-refractivity contribution in [1.82, 2.24) is 14.1 Å². The van der Waals surface area contributed by atoms with Gasteiger partial charge in [-0.3, -0.25) is 23.7 Å². The van der Waals surface area contributed by atoms with E-state index < -0.39 is 29.1 Å². The summed E-state index contributed by atoms with van der Waals surface area (Å²) in [5.74, 6) is -1.66. The molecular weight excluding hydrogens is 348 g/mol. The van der Waals surface area contributed by atoms with Gasteiger partial charge in [-0.2, -0.15) is 0 Å². The summed E-state index contributed by atoms with van der Waals surface area (Å²) in [7, 11) is 2.96. The molecule has 0 radical (unpaired) electrons. The van der Waals surface area contributed by atoms with Crippen molar-refractivity contribution < 1.29 is 9.53 Å². The molecule has 8 nitrogen and oxygen atoms in total. The highest BCUT2D eigenvalue weighted by atomic mass is 16.5. The fourth-order valence-electron chi connectivity index (χ4n) is 3.38. The van der Waals surface area contributed by atoms with Gasteiger partial charge in [0, 0.05) is 38.1 Å². The Morgan fingerprint density at radius 2 is 1.93 bits per heavy atom. The summed E-state index contributed by atoms with van der Waals surface area (Å²) in [6.07, 6.45) is 4.66. The second kappa shape index (κ2) is 7.14. The van der Waals surface area contributed by atoms with Gasteiger partial charge in [-0.25, -0.2) is 9.79 Å². The van der Waals surface area contributed by atoms with Crippen LogP contribution in [0.2, 0.25) is 0 Å². The van der Waals surface area contributed by atoms with E-state index >= 15 is 0 Å². The number of aliphatic imine (C=N–C) groups is 1. The van der Waals surface area contributed by atoms with Gasteiger partial charge in [-0.05, 0) is 24.6 Å². The van der Waals surface area contributed by atoms with Gasteiger partial charge in [-0.1, -0.05) is 12.7 Å². The standard InChI is InChI=1S/C19H20N4O4/c1-5-10-27-18(25)13-11(2)21-16-15(14(13)12-6-8-20-9-7-12)17(24)23(4)19(26)22(16)3/h5-9,13-14H,1,10H2,2-4H3/t13?,14-/m0/s1. The number of nitrogens with zero attached hydrogens (tertiary/aromatic N) is 4. The van der Waals surface area contributed by atoms with Crippen LogP contribution in [0.25, 0.3) is 0 Å². The Hall–Kier alpha value is -3.29. The van der Waals surface area contributed by atoms with Gasteiger partial charge in [-0.15, -0.1) is 0 Å². The molecule has 0 N–H and O–H groups in total. The first-order valence-corrected chi connectivity index (χ1v) is 8.41. The molecule has 140 valence electrons. The number of aromatic nitrogens is 3. The molecule has 0 amide bonds. The van der Waals surface area contributed by atoms with Crippen molar-refractivity contribution in [2.24, 2.45) is 25.0 Å². The Kier molecular flexibility index (Phi) is 4.89. The molecule has 0 spiro atoms. The average Bonchev–Trinajstić information content (AvgIpc) is 2.68. The number of hydrogen-bond donors (Lipinski definition) is 0. The molecule has 0 saturated heterocycles. The summed E-state index contributed by atoms with van der Waals surface area (Å²) in [6.45, 7) is 5.30. The quantitative estimate of drug-likeness (QED) is 0.594. The third kappa shape index (κ3) is 3.03. The van der Waals surface area contributed by atoms with Crippen LogP contribution >= 0.6 is 0 Å². The highest BCUT2D eigenvalue weighted by Gasteiger charge is 2.41. The molecule has 2 aromatic heterocycles. The molecule has 2 aromatic rings. The van der Waals surface area contributed by atoms with E-state index in [1.807, 2.05) is 0 Å². The normalized spacial score (nSPS) is 18.4. The minimum Gasteiger partial charge on any atom is -0.461 e. The Morgan fingerprint density at radius 3 is 2.56 bits per heavy atom. The van der Waals surface area contributed by atoms with E-state index in [2.05, 4.69) is 16.6 Å². The van der Waals surface area contributed by atoms with Crippen molar-refractivity contribution in [3.8, 4) is 0 Å². The third-order valence-corrected chi connectivity index (χ3v) is 4.71.